The lowest BCUT2D eigenvalue weighted by Crippen LogP contribution is -2.47. The van der Waals surface area contributed by atoms with Gasteiger partial charge < -0.3 is 10.0 Å². The number of rotatable bonds is 2. The first kappa shape index (κ1) is 14.9. The highest BCUT2D eigenvalue weighted by Gasteiger charge is 2.37. The average molecular weight is 325 g/mol. The molecule has 3 unspecified atom stereocenters. The number of amides is 1. The van der Waals surface area contributed by atoms with Crippen molar-refractivity contribution in [3.8, 4) is 0 Å². The summed E-state index contributed by atoms with van der Waals surface area (Å²) in [6.07, 6.45) is 1.70. The topological polar surface area (TPSA) is 57.6 Å². The Morgan fingerprint density at radius 3 is 2.95 bits per heavy atom. The molecule has 4 nitrogen and oxygen atoms in total. The van der Waals surface area contributed by atoms with Crippen LogP contribution in [0.15, 0.2) is 11.4 Å². The van der Waals surface area contributed by atoms with Gasteiger partial charge in [-0.1, -0.05) is 6.92 Å². The SMILES string of the molecule is CC1CC(C(=O)O)CN(C(=O)C2SCCc3sccc32)C1. The van der Waals surface area contributed by atoms with Crippen molar-refractivity contribution in [3.63, 3.8) is 0 Å². The van der Waals surface area contributed by atoms with Crippen molar-refractivity contribution < 1.29 is 14.7 Å². The van der Waals surface area contributed by atoms with Gasteiger partial charge in [-0.3, -0.25) is 9.59 Å². The van der Waals surface area contributed by atoms with E-state index in [1.54, 1.807) is 28.0 Å². The van der Waals surface area contributed by atoms with Gasteiger partial charge in [0, 0.05) is 18.0 Å². The third kappa shape index (κ3) is 2.97. The average Bonchev–Trinajstić information content (AvgIpc) is 2.94. The first-order valence-corrected chi connectivity index (χ1v) is 9.18. The first-order valence-electron chi connectivity index (χ1n) is 7.25. The van der Waals surface area contributed by atoms with Crippen LogP contribution in [-0.4, -0.2) is 40.7 Å². The highest BCUT2D eigenvalue weighted by Crippen LogP contribution is 2.41. The molecule has 21 heavy (non-hydrogen) atoms. The number of aryl methyl sites for hydroxylation is 1. The Morgan fingerprint density at radius 1 is 1.38 bits per heavy atom. The van der Waals surface area contributed by atoms with Gasteiger partial charge in [-0.15, -0.1) is 23.1 Å². The normalized spacial score (nSPS) is 29.0. The zero-order valence-corrected chi connectivity index (χ0v) is 13.6. The van der Waals surface area contributed by atoms with E-state index in [0.717, 1.165) is 17.7 Å². The molecule has 3 heterocycles. The molecule has 6 heteroatoms. The number of nitrogens with zero attached hydrogens (tertiary/aromatic N) is 1. The van der Waals surface area contributed by atoms with Crippen LogP contribution in [0.1, 0.15) is 29.0 Å². The summed E-state index contributed by atoms with van der Waals surface area (Å²) in [6.45, 7) is 3.06. The Balaban J connectivity index is 1.78. The van der Waals surface area contributed by atoms with Gasteiger partial charge in [-0.2, -0.15) is 0 Å². The Hall–Kier alpha value is -1.01. The molecule has 3 rings (SSSR count). The van der Waals surface area contributed by atoms with Crippen LogP contribution in [0.3, 0.4) is 0 Å². The molecule has 2 aliphatic rings. The number of aliphatic carboxylic acids is 1. The Bertz CT molecular complexity index is 557. The van der Waals surface area contributed by atoms with Crippen molar-refractivity contribution in [2.75, 3.05) is 18.8 Å². The van der Waals surface area contributed by atoms with Crippen LogP contribution in [0, 0.1) is 11.8 Å². The number of thioether (sulfide) groups is 1. The lowest BCUT2D eigenvalue weighted by molar-refractivity contribution is -0.146. The van der Waals surface area contributed by atoms with E-state index in [1.807, 2.05) is 6.92 Å². The number of carbonyl (C=O) groups is 2. The predicted molar refractivity (Wildman–Crippen MR) is 84.7 cm³/mol. The summed E-state index contributed by atoms with van der Waals surface area (Å²) in [7, 11) is 0. The smallest absolute Gasteiger partial charge is 0.308 e. The van der Waals surface area contributed by atoms with Gasteiger partial charge in [-0.25, -0.2) is 0 Å². The third-order valence-electron chi connectivity index (χ3n) is 4.22. The second-order valence-corrected chi connectivity index (χ2v) is 8.13. The summed E-state index contributed by atoms with van der Waals surface area (Å²) in [6, 6.07) is 2.05. The van der Waals surface area contributed by atoms with E-state index in [2.05, 4.69) is 11.4 Å². The summed E-state index contributed by atoms with van der Waals surface area (Å²) in [4.78, 5) is 27.2. The van der Waals surface area contributed by atoms with Crippen molar-refractivity contribution in [2.24, 2.45) is 11.8 Å². The molecule has 1 aromatic heterocycles. The highest BCUT2D eigenvalue weighted by molar-refractivity contribution is 8.00. The molecular weight excluding hydrogens is 306 g/mol. The van der Waals surface area contributed by atoms with Crippen LogP contribution in [0.2, 0.25) is 0 Å². The summed E-state index contributed by atoms with van der Waals surface area (Å²) in [5, 5.41) is 11.2. The van der Waals surface area contributed by atoms with Gasteiger partial charge in [0.05, 0.1) is 5.92 Å². The molecule has 114 valence electrons. The van der Waals surface area contributed by atoms with Gasteiger partial charge in [0.1, 0.15) is 5.25 Å². The van der Waals surface area contributed by atoms with Crippen LogP contribution in [0.25, 0.3) is 0 Å². The molecule has 0 radical (unpaired) electrons. The molecule has 1 N–H and O–H groups in total. The summed E-state index contributed by atoms with van der Waals surface area (Å²) < 4.78 is 0. The monoisotopic (exact) mass is 325 g/mol. The van der Waals surface area contributed by atoms with Crippen LogP contribution < -0.4 is 0 Å². The number of carboxylic acid groups (broad SMARTS) is 1. The van der Waals surface area contributed by atoms with Gasteiger partial charge in [0.25, 0.3) is 0 Å². The maximum atomic E-state index is 12.8. The fraction of sp³-hybridized carbons (Fsp3) is 0.600. The predicted octanol–water partition coefficient (Wildman–Crippen LogP) is 2.65. The summed E-state index contributed by atoms with van der Waals surface area (Å²) in [5.74, 6) is 0.104. The number of carboxylic acids is 1. The lowest BCUT2D eigenvalue weighted by atomic mass is 9.90. The minimum Gasteiger partial charge on any atom is -0.481 e. The van der Waals surface area contributed by atoms with Crippen molar-refractivity contribution >= 4 is 35.0 Å². The molecular formula is C15H19NO3S2. The van der Waals surface area contributed by atoms with Crippen LogP contribution in [0.4, 0.5) is 0 Å². The Labute approximate surface area is 132 Å². The maximum absolute atomic E-state index is 12.8. The van der Waals surface area contributed by atoms with E-state index in [-0.39, 0.29) is 17.1 Å². The second kappa shape index (κ2) is 6.01. The zero-order chi connectivity index (χ0) is 15.0. The third-order valence-corrected chi connectivity index (χ3v) is 6.45. The zero-order valence-electron chi connectivity index (χ0n) is 11.9. The number of hydrogen-bond donors (Lipinski definition) is 1. The van der Waals surface area contributed by atoms with E-state index in [9.17, 15) is 14.7 Å². The van der Waals surface area contributed by atoms with E-state index in [4.69, 9.17) is 0 Å². The van der Waals surface area contributed by atoms with Crippen LogP contribution in [0.5, 0.6) is 0 Å². The molecule has 0 spiro atoms. The largest absolute Gasteiger partial charge is 0.481 e. The minimum atomic E-state index is -0.785. The van der Waals surface area contributed by atoms with Gasteiger partial charge in [0.15, 0.2) is 0 Å². The van der Waals surface area contributed by atoms with Crippen LogP contribution in [-0.2, 0) is 16.0 Å². The van der Waals surface area contributed by atoms with Crippen molar-refractivity contribution in [2.45, 2.75) is 25.0 Å². The number of fused-ring (bicyclic) bond motifs is 1. The fourth-order valence-electron chi connectivity index (χ4n) is 3.23. The van der Waals surface area contributed by atoms with Gasteiger partial charge in [0.2, 0.25) is 5.91 Å². The summed E-state index contributed by atoms with van der Waals surface area (Å²) in [5.41, 5.74) is 1.14. The standard InChI is InChI=1S/C15H19NO3S2/c1-9-6-10(15(18)19)8-16(7-9)14(17)13-11-2-4-20-12(11)3-5-21-13/h2,4,9-10,13H,3,5-8H2,1H3,(H,18,19). The van der Waals surface area contributed by atoms with Crippen molar-refractivity contribution in [1.82, 2.24) is 4.90 Å². The molecule has 0 saturated carbocycles. The fourth-order valence-corrected chi connectivity index (χ4v) is 5.60. The molecule has 1 saturated heterocycles. The van der Waals surface area contributed by atoms with E-state index < -0.39 is 11.9 Å². The Morgan fingerprint density at radius 2 is 2.19 bits per heavy atom. The molecule has 2 aliphatic heterocycles. The molecule has 1 aromatic rings. The van der Waals surface area contributed by atoms with E-state index >= 15 is 0 Å². The molecule has 0 aliphatic carbocycles. The minimum absolute atomic E-state index is 0.0946. The second-order valence-electron chi connectivity index (χ2n) is 5.92. The first-order chi connectivity index (χ1) is 10.1. The Kier molecular flexibility index (Phi) is 4.26. The number of likely N-dealkylation sites (tertiary alicyclic amines) is 1. The molecule has 0 aromatic carbocycles. The van der Waals surface area contributed by atoms with E-state index in [1.165, 1.54) is 4.88 Å². The maximum Gasteiger partial charge on any atom is 0.308 e. The van der Waals surface area contributed by atoms with Gasteiger partial charge in [-0.05, 0) is 41.5 Å². The van der Waals surface area contributed by atoms with Crippen molar-refractivity contribution in [3.05, 3.63) is 21.9 Å². The number of hydrogen-bond acceptors (Lipinski definition) is 4. The van der Waals surface area contributed by atoms with Crippen molar-refractivity contribution in [1.29, 1.82) is 0 Å². The quantitative estimate of drug-likeness (QED) is 0.908. The molecule has 0 bridgehead atoms. The molecule has 1 fully saturated rings. The van der Waals surface area contributed by atoms with Crippen LogP contribution >= 0.6 is 23.1 Å². The number of piperidine rings is 1. The molecule has 3 atom stereocenters. The number of carbonyl (C=O) groups excluding carboxylic acids is 1. The highest BCUT2D eigenvalue weighted by atomic mass is 32.2. The van der Waals surface area contributed by atoms with Gasteiger partial charge >= 0.3 is 5.97 Å². The summed E-state index contributed by atoms with van der Waals surface area (Å²) >= 11 is 3.41. The molecule has 1 amide bonds. The lowest BCUT2D eigenvalue weighted by Gasteiger charge is -2.37. The number of thiophene rings is 1. The van der Waals surface area contributed by atoms with E-state index in [0.29, 0.717) is 19.5 Å².